The SMILES string of the molecule is CC(C)CC(NC(=O)c1ccc(Cl)cc1)C(=O)OCc1cccc(Cl)c1. The first-order chi connectivity index (χ1) is 12.3. The summed E-state index contributed by atoms with van der Waals surface area (Å²) in [6.07, 6.45) is 0.480. The second-order valence-corrected chi connectivity index (χ2v) is 7.27. The summed E-state index contributed by atoms with van der Waals surface area (Å²) in [7, 11) is 0. The van der Waals surface area contributed by atoms with E-state index >= 15 is 0 Å². The number of benzene rings is 2. The summed E-state index contributed by atoms with van der Waals surface area (Å²) in [5, 5.41) is 3.87. The van der Waals surface area contributed by atoms with Crippen LogP contribution in [0.4, 0.5) is 0 Å². The van der Waals surface area contributed by atoms with Crippen LogP contribution in [0, 0.1) is 5.92 Å². The van der Waals surface area contributed by atoms with Crippen molar-refractivity contribution in [3.05, 3.63) is 69.7 Å². The first kappa shape index (κ1) is 20.3. The van der Waals surface area contributed by atoms with Gasteiger partial charge in [-0.05, 0) is 54.3 Å². The number of rotatable bonds is 7. The highest BCUT2D eigenvalue weighted by atomic mass is 35.5. The van der Waals surface area contributed by atoms with Crippen LogP contribution in [0.25, 0.3) is 0 Å². The molecule has 2 aromatic carbocycles. The number of hydrogen-bond donors (Lipinski definition) is 1. The Balaban J connectivity index is 2.01. The lowest BCUT2D eigenvalue weighted by Crippen LogP contribution is -2.42. The third kappa shape index (κ3) is 6.36. The van der Waals surface area contributed by atoms with Crippen molar-refractivity contribution in [2.45, 2.75) is 32.9 Å². The summed E-state index contributed by atoms with van der Waals surface area (Å²) in [5.74, 6) is -0.600. The van der Waals surface area contributed by atoms with Crippen molar-refractivity contribution in [2.75, 3.05) is 0 Å². The van der Waals surface area contributed by atoms with Gasteiger partial charge in [-0.2, -0.15) is 0 Å². The highest BCUT2D eigenvalue weighted by molar-refractivity contribution is 6.30. The summed E-state index contributed by atoms with van der Waals surface area (Å²) >= 11 is 11.8. The minimum Gasteiger partial charge on any atom is -0.459 e. The quantitative estimate of drug-likeness (QED) is 0.681. The van der Waals surface area contributed by atoms with Crippen LogP contribution in [0.3, 0.4) is 0 Å². The molecule has 4 nitrogen and oxygen atoms in total. The summed E-state index contributed by atoms with van der Waals surface area (Å²) in [5.41, 5.74) is 1.23. The number of ether oxygens (including phenoxy) is 1. The van der Waals surface area contributed by atoms with Gasteiger partial charge in [0.25, 0.3) is 5.91 Å². The third-order valence-corrected chi connectivity index (χ3v) is 4.16. The van der Waals surface area contributed by atoms with Crippen molar-refractivity contribution in [1.82, 2.24) is 5.32 Å². The molecule has 0 saturated heterocycles. The Labute approximate surface area is 163 Å². The van der Waals surface area contributed by atoms with E-state index in [2.05, 4.69) is 5.32 Å². The van der Waals surface area contributed by atoms with Crippen LogP contribution < -0.4 is 5.32 Å². The molecule has 0 radical (unpaired) electrons. The Kier molecular flexibility index (Phi) is 7.49. The molecule has 0 bridgehead atoms. The van der Waals surface area contributed by atoms with E-state index in [0.29, 0.717) is 22.0 Å². The van der Waals surface area contributed by atoms with Gasteiger partial charge in [0.15, 0.2) is 0 Å². The van der Waals surface area contributed by atoms with Crippen molar-refractivity contribution in [3.8, 4) is 0 Å². The second kappa shape index (κ2) is 9.60. The van der Waals surface area contributed by atoms with Gasteiger partial charge in [0.05, 0.1) is 0 Å². The topological polar surface area (TPSA) is 55.4 Å². The molecule has 0 aliphatic carbocycles. The first-order valence-electron chi connectivity index (χ1n) is 8.32. The molecule has 2 rings (SSSR count). The number of hydrogen-bond acceptors (Lipinski definition) is 3. The summed E-state index contributed by atoms with van der Waals surface area (Å²) in [6, 6.07) is 12.9. The van der Waals surface area contributed by atoms with E-state index in [1.165, 1.54) is 0 Å². The van der Waals surface area contributed by atoms with Gasteiger partial charge >= 0.3 is 5.97 Å². The Bertz CT molecular complexity index is 760. The van der Waals surface area contributed by atoms with Crippen LogP contribution in [-0.2, 0) is 16.1 Å². The summed E-state index contributed by atoms with van der Waals surface area (Å²) < 4.78 is 5.37. The molecule has 0 heterocycles. The van der Waals surface area contributed by atoms with Crippen LogP contribution in [-0.4, -0.2) is 17.9 Å². The van der Waals surface area contributed by atoms with Crippen molar-refractivity contribution >= 4 is 35.1 Å². The lowest BCUT2D eigenvalue weighted by atomic mass is 10.0. The van der Waals surface area contributed by atoms with Crippen LogP contribution in [0.1, 0.15) is 36.2 Å². The van der Waals surface area contributed by atoms with E-state index in [9.17, 15) is 9.59 Å². The smallest absolute Gasteiger partial charge is 0.328 e. The highest BCUT2D eigenvalue weighted by Crippen LogP contribution is 2.14. The molecule has 0 spiro atoms. The molecular formula is C20H21Cl2NO3. The van der Waals surface area contributed by atoms with Gasteiger partial charge in [0.1, 0.15) is 12.6 Å². The van der Waals surface area contributed by atoms with E-state index in [1.54, 1.807) is 42.5 Å². The van der Waals surface area contributed by atoms with Crippen LogP contribution >= 0.6 is 23.2 Å². The van der Waals surface area contributed by atoms with E-state index in [4.69, 9.17) is 27.9 Å². The van der Waals surface area contributed by atoms with Crippen LogP contribution in [0.2, 0.25) is 10.0 Å². The van der Waals surface area contributed by atoms with Crippen molar-refractivity contribution in [3.63, 3.8) is 0 Å². The number of nitrogens with one attached hydrogen (secondary N) is 1. The standard InChI is InChI=1S/C20H21Cl2NO3/c1-13(2)10-18(23-19(24)15-6-8-16(21)9-7-15)20(25)26-12-14-4-3-5-17(22)11-14/h3-9,11,13,18H,10,12H2,1-2H3,(H,23,24). The number of esters is 1. The largest absolute Gasteiger partial charge is 0.459 e. The molecule has 1 amide bonds. The maximum Gasteiger partial charge on any atom is 0.328 e. The highest BCUT2D eigenvalue weighted by Gasteiger charge is 2.24. The third-order valence-electron chi connectivity index (χ3n) is 3.67. The molecule has 1 unspecified atom stereocenters. The lowest BCUT2D eigenvalue weighted by molar-refractivity contribution is -0.147. The zero-order chi connectivity index (χ0) is 19.1. The fraction of sp³-hybridized carbons (Fsp3) is 0.300. The predicted octanol–water partition coefficient (Wildman–Crippen LogP) is 4.88. The molecule has 2 aromatic rings. The van der Waals surface area contributed by atoms with Crippen molar-refractivity contribution < 1.29 is 14.3 Å². The molecule has 0 saturated carbocycles. The molecule has 0 fully saturated rings. The average Bonchev–Trinajstić information content (AvgIpc) is 2.59. The summed E-state index contributed by atoms with van der Waals surface area (Å²) in [4.78, 5) is 24.9. The number of carbonyl (C=O) groups excluding carboxylic acids is 2. The lowest BCUT2D eigenvalue weighted by Gasteiger charge is -2.19. The molecule has 138 valence electrons. The van der Waals surface area contributed by atoms with Crippen LogP contribution in [0.5, 0.6) is 0 Å². The molecule has 1 N–H and O–H groups in total. The first-order valence-corrected chi connectivity index (χ1v) is 9.08. The van der Waals surface area contributed by atoms with E-state index < -0.39 is 12.0 Å². The Morgan fingerprint density at radius 2 is 1.73 bits per heavy atom. The maximum atomic E-state index is 12.5. The molecule has 1 atom stereocenters. The van der Waals surface area contributed by atoms with Gasteiger partial charge in [-0.1, -0.05) is 49.2 Å². The van der Waals surface area contributed by atoms with Crippen molar-refractivity contribution in [2.24, 2.45) is 5.92 Å². The molecular weight excluding hydrogens is 373 g/mol. The summed E-state index contributed by atoms with van der Waals surface area (Å²) in [6.45, 7) is 4.06. The second-order valence-electron chi connectivity index (χ2n) is 6.40. The molecule has 26 heavy (non-hydrogen) atoms. The van der Waals surface area contributed by atoms with Gasteiger partial charge in [0, 0.05) is 15.6 Å². The monoisotopic (exact) mass is 393 g/mol. The minimum atomic E-state index is -0.725. The maximum absolute atomic E-state index is 12.5. The molecule has 0 aliphatic heterocycles. The average molecular weight is 394 g/mol. The Morgan fingerprint density at radius 1 is 1.04 bits per heavy atom. The van der Waals surface area contributed by atoms with E-state index in [0.717, 1.165) is 5.56 Å². The van der Waals surface area contributed by atoms with E-state index in [-0.39, 0.29) is 18.4 Å². The van der Waals surface area contributed by atoms with Gasteiger partial charge in [-0.25, -0.2) is 4.79 Å². The number of carbonyl (C=O) groups is 2. The Morgan fingerprint density at radius 3 is 2.35 bits per heavy atom. The van der Waals surface area contributed by atoms with Gasteiger partial charge in [-0.15, -0.1) is 0 Å². The Hall–Kier alpha value is -2.04. The van der Waals surface area contributed by atoms with Crippen LogP contribution in [0.15, 0.2) is 48.5 Å². The molecule has 0 aliphatic rings. The minimum absolute atomic E-state index is 0.102. The number of halogens is 2. The zero-order valence-electron chi connectivity index (χ0n) is 14.7. The van der Waals surface area contributed by atoms with Gasteiger partial charge in [-0.3, -0.25) is 4.79 Å². The fourth-order valence-corrected chi connectivity index (χ4v) is 2.75. The zero-order valence-corrected chi connectivity index (χ0v) is 16.2. The van der Waals surface area contributed by atoms with Gasteiger partial charge < -0.3 is 10.1 Å². The van der Waals surface area contributed by atoms with E-state index in [1.807, 2.05) is 19.9 Å². The predicted molar refractivity (Wildman–Crippen MR) is 103 cm³/mol. The normalized spacial score (nSPS) is 11.9. The van der Waals surface area contributed by atoms with Crippen molar-refractivity contribution in [1.29, 1.82) is 0 Å². The van der Waals surface area contributed by atoms with Gasteiger partial charge in [0.2, 0.25) is 0 Å². The molecule has 6 heteroatoms. The number of amides is 1. The fourth-order valence-electron chi connectivity index (χ4n) is 2.41. The molecule has 0 aromatic heterocycles.